The maximum absolute atomic E-state index is 16.2. The molecule has 0 atom stereocenters. The van der Waals surface area contributed by atoms with Crippen molar-refractivity contribution in [1.82, 2.24) is 35.1 Å². The molecule has 5 aromatic heterocycles. The highest BCUT2D eigenvalue weighted by Gasteiger charge is 2.23. The summed E-state index contributed by atoms with van der Waals surface area (Å²) in [5.41, 5.74) is 5.00. The second-order valence-electron chi connectivity index (χ2n) is 9.59. The molecule has 42 heavy (non-hydrogen) atoms. The highest BCUT2D eigenvalue weighted by atomic mass is 19.1. The van der Waals surface area contributed by atoms with E-state index in [2.05, 4.69) is 40.8 Å². The Morgan fingerprint density at radius 1 is 0.952 bits per heavy atom. The number of amides is 1. The van der Waals surface area contributed by atoms with E-state index in [1.165, 1.54) is 18.6 Å². The first-order chi connectivity index (χ1) is 20.6. The molecule has 10 nitrogen and oxygen atoms in total. The molecule has 0 saturated carbocycles. The summed E-state index contributed by atoms with van der Waals surface area (Å²) >= 11 is 0. The lowest BCUT2D eigenvalue weighted by molar-refractivity contribution is -0.115. The monoisotopic (exact) mass is 555 g/mol. The molecule has 0 radical (unpaired) electrons. The molecular weight excluding hydrogens is 533 g/mol. The summed E-state index contributed by atoms with van der Waals surface area (Å²) in [6.45, 7) is 0. The maximum atomic E-state index is 16.2. The van der Waals surface area contributed by atoms with Crippen molar-refractivity contribution in [3.8, 4) is 22.8 Å². The van der Waals surface area contributed by atoms with E-state index in [1.807, 2.05) is 54.6 Å². The molecule has 7 rings (SSSR count). The number of hydrogen-bond donors (Lipinski definition) is 4. The van der Waals surface area contributed by atoms with Gasteiger partial charge in [-0.25, -0.2) is 9.37 Å². The minimum absolute atomic E-state index is 0.0712. The van der Waals surface area contributed by atoms with Gasteiger partial charge >= 0.3 is 0 Å². The number of fused-ring (bicyclic) bond motifs is 2. The van der Waals surface area contributed by atoms with Gasteiger partial charge in [-0.1, -0.05) is 42.5 Å². The SMILES string of the molecule is O=C(Cc1ccccc1)Nc1cncc(-c2ncc3[nH]nc(-c4nc5c([nH]4)C(c4cccnc4)=CC=CN5)c3c2F)c1. The minimum Gasteiger partial charge on any atom is -0.345 e. The van der Waals surface area contributed by atoms with E-state index in [4.69, 9.17) is 4.98 Å². The molecular formula is C31H22FN9O. The number of carbonyl (C=O) groups is 1. The molecule has 4 N–H and O–H groups in total. The van der Waals surface area contributed by atoms with Crippen LogP contribution >= 0.6 is 0 Å². The van der Waals surface area contributed by atoms with Gasteiger partial charge in [0.05, 0.1) is 41.1 Å². The van der Waals surface area contributed by atoms with E-state index in [0.29, 0.717) is 34.1 Å². The molecule has 0 spiro atoms. The van der Waals surface area contributed by atoms with Crippen LogP contribution in [0.1, 0.15) is 16.8 Å². The molecule has 0 saturated heterocycles. The Balaban J connectivity index is 1.23. The fraction of sp³-hybridized carbons (Fsp3) is 0.0323. The largest absolute Gasteiger partial charge is 0.345 e. The summed E-state index contributed by atoms with van der Waals surface area (Å²) in [5, 5.41) is 13.5. The number of hydrogen-bond acceptors (Lipinski definition) is 7. The fourth-order valence-electron chi connectivity index (χ4n) is 4.87. The molecule has 204 valence electrons. The highest BCUT2D eigenvalue weighted by Crippen LogP contribution is 2.36. The number of anilines is 2. The van der Waals surface area contributed by atoms with Crippen LogP contribution < -0.4 is 10.6 Å². The van der Waals surface area contributed by atoms with Crippen molar-refractivity contribution in [3.05, 3.63) is 121 Å². The van der Waals surface area contributed by atoms with Crippen LogP contribution in [0.3, 0.4) is 0 Å². The third kappa shape index (κ3) is 4.68. The van der Waals surface area contributed by atoms with E-state index in [1.54, 1.807) is 24.7 Å². The predicted octanol–water partition coefficient (Wildman–Crippen LogP) is 5.50. The quantitative estimate of drug-likeness (QED) is 0.213. The van der Waals surface area contributed by atoms with E-state index >= 15 is 4.39 Å². The van der Waals surface area contributed by atoms with Crippen LogP contribution in [0.2, 0.25) is 0 Å². The highest BCUT2D eigenvalue weighted by molar-refractivity contribution is 5.96. The third-order valence-corrected chi connectivity index (χ3v) is 6.80. The number of aromatic amines is 2. The van der Waals surface area contributed by atoms with Crippen molar-refractivity contribution in [2.24, 2.45) is 0 Å². The number of nitrogens with zero attached hydrogens (tertiary/aromatic N) is 5. The number of benzene rings is 1. The lowest BCUT2D eigenvalue weighted by Crippen LogP contribution is -2.14. The van der Waals surface area contributed by atoms with E-state index in [9.17, 15) is 4.79 Å². The molecule has 0 fully saturated rings. The number of allylic oxidation sites excluding steroid dienone is 2. The van der Waals surface area contributed by atoms with Crippen LogP contribution in [-0.2, 0) is 11.2 Å². The Morgan fingerprint density at radius 2 is 1.83 bits per heavy atom. The average Bonchev–Trinajstić information content (AvgIpc) is 3.58. The Bertz CT molecular complexity index is 2000. The lowest BCUT2D eigenvalue weighted by atomic mass is 10.0. The van der Waals surface area contributed by atoms with Gasteiger partial charge in [-0.15, -0.1) is 0 Å². The molecule has 1 aliphatic rings. The number of H-pyrrole nitrogens is 2. The van der Waals surface area contributed by atoms with Crippen LogP contribution in [0.25, 0.3) is 39.3 Å². The molecule has 1 amide bonds. The smallest absolute Gasteiger partial charge is 0.228 e. The summed E-state index contributed by atoms with van der Waals surface area (Å²) in [5.74, 6) is 0.151. The predicted molar refractivity (Wildman–Crippen MR) is 158 cm³/mol. The number of rotatable bonds is 6. The van der Waals surface area contributed by atoms with Gasteiger partial charge < -0.3 is 15.6 Å². The zero-order chi connectivity index (χ0) is 28.5. The van der Waals surface area contributed by atoms with Crippen LogP contribution in [0, 0.1) is 5.82 Å². The first kappa shape index (κ1) is 25.0. The first-order valence-corrected chi connectivity index (χ1v) is 13.1. The van der Waals surface area contributed by atoms with Crippen molar-refractivity contribution in [2.75, 3.05) is 10.6 Å². The van der Waals surface area contributed by atoms with Gasteiger partial charge in [-0.05, 0) is 23.8 Å². The van der Waals surface area contributed by atoms with Crippen molar-refractivity contribution < 1.29 is 9.18 Å². The molecule has 11 heteroatoms. The van der Waals surface area contributed by atoms with Crippen LogP contribution in [0.5, 0.6) is 0 Å². The van der Waals surface area contributed by atoms with Crippen LogP contribution in [0.4, 0.5) is 15.9 Å². The number of carbonyl (C=O) groups excluding carboxylic acids is 1. The van der Waals surface area contributed by atoms with Gasteiger partial charge in [0.25, 0.3) is 0 Å². The van der Waals surface area contributed by atoms with Crippen LogP contribution in [-0.4, -0.2) is 41.0 Å². The van der Waals surface area contributed by atoms with Gasteiger partial charge in [0.1, 0.15) is 11.4 Å². The maximum Gasteiger partial charge on any atom is 0.228 e. The normalized spacial score (nSPS) is 12.4. The minimum atomic E-state index is -0.590. The van der Waals surface area contributed by atoms with Gasteiger partial charge in [0.2, 0.25) is 5.91 Å². The Labute approximate surface area is 238 Å². The first-order valence-electron chi connectivity index (χ1n) is 13.1. The molecule has 0 aliphatic carbocycles. The van der Waals surface area contributed by atoms with Crippen LogP contribution in [0.15, 0.2) is 97.9 Å². The van der Waals surface area contributed by atoms with E-state index in [0.717, 1.165) is 22.4 Å². The second-order valence-corrected chi connectivity index (χ2v) is 9.59. The van der Waals surface area contributed by atoms with Crippen molar-refractivity contribution in [2.45, 2.75) is 6.42 Å². The Morgan fingerprint density at radius 3 is 2.69 bits per heavy atom. The van der Waals surface area contributed by atoms with Crippen molar-refractivity contribution in [3.63, 3.8) is 0 Å². The molecule has 6 aromatic rings. The average molecular weight is 556 g/mol. The zero-order valence-corrected chi connectivity index (χ0v) is 22.0. The standard InChI is InChI=1S/C31H22FN9O/c32-26-25-23(17-36-27(26)20-13-21(16-34-15-20)37-24(42)12-18-6-2-1-3-7-18)40-41-29(25)31-38-28-22(19-8-4-10-33-14-19)9-5-11-35-30(28)39-31/h1-11,13-17,35H,12H2,(H,37,42)(H,38,39)(H,40,41). The second kappa shape index (κ2) is 10.5. The Kier molecular flexibility index (Phi) is 6.28. The molecule has 1 aromatic carbocycles. The molecule has 0 unspecified atom stereocenters. The summed E-state index contributed by atoms with van der Waals surface area (Å²) in [6, 6.07) is 14.9. The van der Waals surface area contributed by atoms with E-state index < -0.39 is 5.82 Å². The number of pyridine rings is 3. The summed E-state index contributed by atoms with van der Waals surface area (Å²) in [6.07, 6.45) is 13.8. The van der Waals surface area contributed by atoms with Gasteiger partial charge in [-0.3, -0.25) is 24.8 Å². The van der Waals surface area contributed by atoms with Gasteiger partial charge in [-0.2, -0.15) is 5.10 Å². The molecule has 6 heterocycles. The Hall–Kier alpha value is -5.97. The summed E-state index contributed by atoms with van der Waals surface area (Å²) < 4.78 is 16.2. The fourth-order valence-corrected chi connectivity index (χ4v) is 4.87. The molecule has 0 bridgehead atoms. The number of halogens is 1. The number of imidazole rings is 1. The van der Waals surface area contributed by atoms with Gasteiger partial charge in [0.15, 0.2) is 17.5 Å². The summed E-state index contributed by atoms with van der Waals surface area (Å²) in [7, 11) is 0. The van der Waals surface area contributed by atoms with E-state index in [-0.39, 0.29) is 23.4 Å². The number of aromatic nitrogens is 7. The summed E-state index contributed by atoms with van der Waals surface area (Å²) in [4.78, 5) is 33.4. The number of nitrogens with one attached hydrogen (secondary N) is 4. The molecule has 1 aliphatic heterocycles. The van der Waals surface area contributed by atoms with Crippen molar-refractivity contribution in [1.29, 1.82) is 0 Å². The van der Waals surface area contributed by atoms with Crippen molar-refractivity contribution >= 4 is 33.9 Å². The zero-order valence-electron chi connectivity index (χ0n) is 22.0. The third-order valence-electron chi connectivity index (χ3n) is 6.80. The lowest BCUT2D eigenvalue weighted by Gasteiger charge is -2.08. The van der Waals surface area contributed by atoms with Gasteiger partial charge in [0, 0.05) is 41.5 Å². The topological polar surface area (TPSA) is 137 Å².